The Morgan fingerprint density at radius 3 is 2.67 bits per heavy atom. The Balaban J connectivity index is 1.82. The van der Waals surface area contributed by atoms with E-state index in [4.69, 9.17) is 0 Å². The van der Waals surface area contributed by atoms with Crippen LogP contribution in [0.1, 0.15) is 0 Å². The Morgan fingerprint density at radius 1 is 1.00 bits per heavy atom. The summed E-state index contributed by atoms with van der Waals surface area (Å²) in [5, 5.41) is 12.8. The van der Waals surface area contributed by atoms with Crippen LogP contribution < -0.4 is 5.32 Å². The molecule has 0 atom stereocenters. The van der Waals surface area contributed by atoms with Crippen molar-refractivity contribution in [2.45, 2.75) is 0 Å². The molecule has 0 saturated carbocycles. The fourth-order valence-corrected chi connectivity index (χ4v) is 2.16. The van der Waals surface area contributed by atoms with Crippen molar-refractivity contribution in [3.05, 3.63) is 48.9 Å². The summed E-state index contributed by atoms with van der Waals surface area (Å²) < 4.78 is 0. The highest BCUT2D eigenvalue weighted by Gasteiger charge is 2.07. The minimum absolute atomic E-state index is 0.733. The maximum absolute atomic E-state index is 4.19. The zero-order valence-electron chi connectivity index (χ0n) is 9.32. The van der Waals surface area contributed by atoms with Crippen LogP contribution in [0, 0.1) is 0 Å². The predicted molar refractivity (Wildman–Crippen MR) is 70.7 cm³/mol. The third-order valence-electron chi connectivity index (χ3n) is 2.23. The Labute approximate surface area is 108 Å². The van der Waals surface area contributed by atoms with Gasteiger partial charge in [-0.2, -0.15) is 0 Å². The first-order chi connectivity index (χ1) is 8.92. The van der Waals surface area contributed by atoms with Crippen molar-refractivity contribution < 1.29 is 0 Å². The summed E-state index contributed by atoms with van der Waals surface area (Å²) in [6.45, 7) is 0. The standard InChI is InChI=1S/C12H9N5S/c1-2-4-9(5-3-1)15-12-17-16-11(18-12)10-8-13-6-7-14-10/h1-8H,(H,15,17). The molecule has 0 saturated heterocycles. The number of hydrogen-bond acceptors (Lipinski definition) is 6. The Kier molecular flexibility index (Phi) is 2.93. The molecular formula is C12H9N5S. The molecule has 3 rings (SSSR count). The molecule has 0 radical (unpaired) electrons. The van der Waals surface area contributed by atoms with Crippen LogP contribution in [0.2, 0.25) is 0 Å². The van der Waals surface area contributed by atoms with E-state index in [0.717, 1.165) is 21.5 Å². The second-order valence-corrected chi connectivity index (χ2v) is 4.47. The second kappa shape index (κ2) is 4.89. The van der Waals surface area contributed by atoms with E-state index in [9.17, 15) is 0 Å². The third kappa shape index (κ3) is 2.33. The molecule has 18 heavy (non-hydrogen) atoms. The van der Waals surface area contributed by atoms with Crippen molar-refractivity contribution in [3.8, 4) is 10.7 Å². The van der Waals surface area contributed by atoms with Gasteiger partial charge in [0.15, 0.2) is 5.01 Å². The average molecular weight is 255 g/mol. The highest BCUT2D eigenvalue weighted by atomic mass is 32.1. The van der Waals surface area contributed by atoms with Gasteiger partial charge in [-0.25, -0.2) is 0 Å². The summed E-state index contributed by atoms with van der Waals surface area (Å²) in [4.78, 5) is 8.20. The van der Waals surface area contributed by atoms with Crippen LogP contribution in [0.15, 0.2) is 48.9 Å². The molecule has 6 heteroatoms. The molecular weight excluding hydrogens is 246 g/mol. The molecule has 0 spiro atoms. The summed E-state index contributed by atoms with van der Waals surface area (Å²) in [7, 11) is 0. The van der Waals surface area contributed by atoms with Gasteiger partial charge >= 0.3 is 0 Å². The molecule has 1 aromatic carbocycles. The first-order valence-corrected chi connectivity index (χ1v) is 6.15. The molecule has 2 heterocycles. The van der Waals surface area contributed by atoms with Gasteiger partial charge in [-0.05, 0) is 12.1 Å². The molecule has 2 aromatic heterocycles. The van der Waals surface area contributed by atoms with Crippen molar-refractivity contribution in [2.75, 3.05) is 5.32 Å². The van der Waals surface area contributed by atoms with Crippen LogP contribution in [0.4, 0.5) is 10.8 Å². The molecule has 3 aromatic rings. The van der Waals surface area contributed by atoms with Crippen LogP contribution in [-0.4, -0.2) is 20.2 Å². The summed E-state index contributed by atoms with van der Waals surface area (Å²) in [5.41, 5.74) is 1.72. The number of benzene rings is 1. The molecule has 1 N–H and O–H groups in total. The predicted octanol–water partition coefficient (Wildman–Crippen LogP) is 2.74. The van der Waals surface area contributed by atoms with E-state index in [1.165, 1.54) is 11.3 Å². The van der Waals surface area contributed by atoms with Gasteiger partial charge in [0.05, 0.1) is 6.20 Å². The maximum Gasteiger partial charge on any atom is 0.210 e. The fraction of sp³-hybridized carbons (Fsp3) is 0. The normalized spacial score (nSPS) is 10.2. The molecule has 0 aliphatic rings. The largest absolute Gasteiger partial charge is 0.330 e. The van der Waals surface area contributed by atoms with Crippen molar-refractivity contribution in [3.63, 3.8) is 0 Å². The van der Waals surface area contributed by atoms with Crippen molar-refractivity contribution in [2.24, 2.45) is 0 Å². The van der Waals surface area contributed by atoms with Gasteiger partial charge in [0, 0.05) is 18.1 Å². The lowest BCUT2D eigenvalue weighted by molar-refractivity contribution is 1.08. The highest BCUT2D eigenvalue weighted by Crippen LogP contribution is 2.26. The Morgan fingerprint density at radius 2 is 1.89 bits per heavy atom. The monoisotopic (exact) mass is 255 g/mol. The van der Waals surface area contributed by atoms with Crippen LogP contribution in [0.3, 0.4) is 0 Å². The number of nitrogens with zero attached hydrogens (tertiary/aromatic N) is 4. The zero-order valence-corrected chi connectivity index (χ0v) is 10.1. The Hall–Kier alpha value is -2.34. The minimum atomic E-state index is 0.733. The van der Waals surface area contributed by atoms with Crippen LogP contribution in [-0.2, 0) is 0 Å². The van der Waals surface area contributed by atoms with Gasteiger partial charge in [-0.1, -0.05) is 29.5 Å². The number of rotatable bonds is 3. The molecule has 0 bridgehead atoms. The van der Waals surface area contributed by atoms with Gasteiger partial charge in [0.1, 0.15) is 5.69 Å². The van der Waals surface area contributed by atoms with Crippen LogP contribution in [0.25, 0.3) is 10.7 Å². The lowest BCUT2D eigenvalue weighted by Gasteiger charge is -1.99. The number of anilines is 2. The van der Waals surface area contributed by atoms with E-state index in [-0.39, 0.29) is 0 Å². The average Bonchev–Trinajstić information content (AvgIpc) is 2.89. The van der Waals surface area contributed by atoms with Gasteiger partial charge < -0.3 is 5.32 Å². The first kappa shape index (κ1) is 10.8. The van der Waals surface area contributed by atoms with Gasteiger partial charge in [0.2, 0.25) is 5.13 Å². The molecule has 5 nitrogen and oxygen atoms in total. The molecule has 0 aliphatic heterocycles. The smallest absolute Gasteiger partial charge is 0.210 e. The first-order valence-electron chi connectivity index (χ1n) is 5.34. The molecule has 88 valence electrons. The van der Waals surface area contributed by atoms with E-state index >= 15 is 0 Å². The summed E-state index contributed by atoms with van der Waals surface area (Å²) in [6.07, 6.45) is 4.95. The zero-order chi connectivity index (χ0) is 12.2. The van der Waals surface area contributed by atoms with Gasteiger partial charge in [-0.3, -0.25) is 9.97 Å². The summed E-state index contributed by atoms with van der Waals surface area (Å²) in [6, 6.07) is 9.85. The maximum atomic E-state index is 4.19. The van der Waals surface area contributed by atoms with Crippen LogP contribution >= 0.6 is 11.3 Å². The van der Waals surface area contributed by atoms with Crippen molar-refractivity contribution in [1.29, 1.82) is 0 Å². The SMILES string of the molecule is c1ccc(Nc2nnc(-c3cnccn3)s2)cc1. The van der Waals surface area contributed by atoms with Crippen LogP contribution in [0.5, 0.6) is 0 Å². The summed E-state index contributed by atoms with van der Waals surface area (Å²) >= 11 is 1.44. The highest BCUT2D eigenvalue weighted by molar-refractivity contribution is 7.18. The van der Waals surface area contributed by atoms with Gasteiger partial charge in [0.25, 0.3) is 0 Å². The lowest BCUT2D eigenvalue weighted by atomic mass is 10.3. The van der Waals surface area contributed by atoms with E-state index in [1.807, 2.05) is 30.3 Å². The molecule has 0 fully saturated rings. The van der Waals surface area contributed by atoms with Crippen molar-refractivity contribution >= 4 is 22.2 Å². The molecule has 0 aliphatic carbocycles. The topological polar surface area (TPSA) is 63.6 Å². The number of aromatic nitrogens is 4. The third-order valence-corrected chi connectivity index (χ3v) is 3.09. The summed E-state index contributed by atoms with van der Waals surface area (Å²) in [5.74, 6) is 0. The van der Waals surface area contributed by atoms with Gasteiger partial charge in [-0.15, -0.1) is 10.2 Å². The molecule has 0 unspecified atom stereocenters. The number of para-hydroxylation sites is 1. The number of hydrogen-bond donors (Lipinski definition) is 1. The van der Waals surface area contributed by atoms with E-state index in [1.54, 1.807) is 18.6 Å². The van der Waals surface area contributed by atoms with Crippen molar-refractivity contribution in [1.82, 2.24) is 20.2 Å². The lowest BCUT2D eigenvalue weighted by Crippen LogP contribution is -1.87. The van der Waals surface area contributed by atoms with E-state index in [0.29, 0.717) is 0 Å². The quantitative estimate of drug-likeness (QED) is 0.779. The van der Waals surface area contributed by atoms with E-state index in [2.05, 4.69) is 25.5 Å². The number of nitrogens with one attached hydrogen (secondary N) is 1. The second-order valence-electron chi connectivity index (χ2n) is 3.49. The molecule has 0 amide bonds. The Bertz CT molecular complexity index is 623. The fourth-order valence-electron chi connectivity index (χ4n) is 1.43. The van der Waals surface area contributed by atoms with E-state index < -0.39 is 0 Å². The minimum Gasteiger partial charge on any atom is -0.330 e.